The molecule has 1 aliphatic carbocycles. The number of nitrogens with zero attached hydrogens (tertiary/aromatic N) is 1. The Balaban J connectivity index is 1.45. The van der Waals surface area contributed by atoms with E-state index < -0.39 is 32.6 Å². The predicted octanol–water partition coefficient (Wildman–Crippen LogP) is 3.45. The maximum absolute atomic E-state index is 13.3. The number of benzene rings is 2. The van der Waals surface area contributed by atoms with E-state index in [0.717, 1.165) is 36.2 Å². The number of fused-ring (bicyclic) bond motifs is 1. The summed E-state index contributed by atoms with van der Waals surface area (Å²) in [6.45, 7) is 1.97. The third-order valence-corrected chi connectivity index (χ3v) is 7.81. The first-order chi connectivity index (χ1) is 14.7. The van der Waals surface area contributed by atoms with E-state index in [1.165, 1.54) is 19.1 Å². The van der Waals surface area contributed by atoms with Crippen LogP contribution in [0.25, 0.3) is 0 Å². The summed E-state index contributed by atoms with van der Waals surface area (Å²) in [5, 5.41) is 1.36. The fraction of sp³-hybridized carbons (Fsp3) is 0.364. The Bertz CT molecular complexity index is 1160. The molecule has 0 saturated heterocycles. The van der Waals surface area contributed by atoms with Gasteiger partial charge in [0.2, 0.25) is 11.8 Å². The fourth-order valence-electron chi connectivity index (χ4n) is 3.72. The molecule has 31 heavy (non-hydrogen) atoms. The van der Waals surface area contributed by atoms with Crippen LogP contribution >= 0.6 is 0 Å². The van der Waals surface area contributed by atoms with Gasteiger partial charge in [0.05, 0.1) is 10.1 Å². The lowest BCUT2D eigenvalue weighted by molar-refractivity contribution is -0.119. The summed E-state index contributed by atoms with van der Waals surface area (Å²) in [6, 6.07) is 7.62. The summed E-state index contributed by atoms with van der Waals surface area (Å²) in [5.74, 6) is -2.59. The van der Waals surface area contributed by atoms with Gasteiger partial charge in [-0.05, 0) is 62.1 Å². The molecule has 1 N–H and O–H groups in total. The number of halogens is 2. The number of rotatable bonds is 6. The van der Waals surface area contributed by atoms with Gasteiger partial charge in [-0.15, -0.1) is 0 Å². The summed E-state index contributed by atoms with van der Waals surface area (Å²) >= 11 is 0. The molecule has 9 heteroatoms. The van der Waals surface area contributed by atoms with Crippen LogP contribution in [0.15, 0.2) is 41.3 Å². The number of nitrogens with one attached hydrogen (secondary N) is 1. The molecule has 1 atom stereocenters. The van der Waals surface area contributed by atoms with E-state index in [9.17, 15) is 26.8 Å². The number of carbonyl (C=O) groups excluding carboxylic acids is 2. The highest BCUT2D eigenvalue weighted by Gasteiger charge is 2.37. The van der Waals surface area contributed by atoms with Gasteiger partial charge < -0.3 is 10.2 Å². The molecular weight excluding hydrogens is 426 g/mol. The molecule has 0 spiro atoms. The van der Waals surface area contributed by atoms with Crippen molar-refractivity contribution in [2.75, 3.05) is 16.8 Å². The summed E-state index contributed by atoms with van der Waals surface area (Å²) in [7, 11) is -3.80. The van der Waals surface area contributed by atoms with E-state index in [2.05, 4.69) is 5.32 Å². The van der Waals surface area contributed by atoms with E-state index in [4.69, 9.17) is 0 Å². The molecule has 1 aliphatic heterocycles. The van der Waals surface area contributed by atoms with Crippen molar-refractivity contribution in [3.8, 4) is 0 Å². The Morgan fingerprint density at radius 1 is 1.13 bits per heavy atom. The zero-order valence-corrected chi connectivity index (χ0v) is 17.7. The second-order valence-electron chi connectivity index (χ2n) is 8.04. The number of hydrogen-bond donors (Lipinski definition) is 1. The van der Waals surface area contributed by atoms with Crippen LogP contribution in [0.2, 0.25) is 0 Å². The fourth-order valence-corrected chi connectivity index (χ4v) is 5.12. The highest BCUT2D eigenvalue weighted by molar-refractivity contribution is 7.92. The average molecular weight is 448 g/mol. The molecule has 164 valence electrons. The molecule has 0 unspecified atom stereocenters. The van der Waals surface area contributed by atoms with Gasteiger partial charge in [0.15, 0.2) is 21.5 Å². The van der Waals surface area contributed by atoms with E-state index in [1.54, 1.807) is 17.0 Å². The van der Waals surface area contributed by atoms with E-state index >= 15 is 0 Å². The van der Waals surface area contributed by atoms with Gasteiger partial charge in [0.25, 0.3) is 0 Å². The quantitative estimate of drug-likeness (QED) is 0.734. The van der Waals surface area contributed by atoms with Crippen LogP contribution in [0.3, 0.4) is 0 Å². The molecule has 0 aromatic heterocycles. The van der Waals surface area contributed by atoms with Crippen LogP contribution < -0.4 is 10.2 Å². The molecule has 2 aliphatic rings. The normalized spacial score (nSPS) is 16.7. The van der Waals surface area contributed by atoms with Crippen LogP contribution in [0.5, 0.6) is 0 Å². The van der Waals surface area contributed by atoms with Gasteiger partial charge in [0, 0.05) is 36.3 Å². The Morgan fingerprint density at radius 3 is 2.55 bits per heavy atom. The second kappa shape index (κ2) is 8.03. The van der Waals surface area contributed by atoms with Gasteiger partial charge >= 0.3 is 0 Å². The zero-order valence-electron chi connectivity index (χ0n) is 16.9. The third kappa shape index (κ3) is 4.32. The minimum absolute atomic E-state index is 0.0476. The SMILES string of the molecule is C[C@H](CC(=O)Nc1ccc(F)c(F)c1)S(=O)(=O)c1ccc2c(c1)CCN2C(=O)C1CC1. The molecule has 0 radical (unpaired) electrons. The highest BCUT2D eigenvalue weighted by Crippen LogP contribution is 2.37. The lowest BCUT2D eigenvalue weighted by Crippen LogP contribution is -2.30. The van der Waals surface area contributed by atoms with Crippen LogP contribution in [0.1, 0.15) is 31.7 Å². The van der Waals surface area contributed by atoms with Gasteiger partial charge in [0.1, 0.15) is 0 Å². The minimum atomic E-state index is -3.80. The first kappa shape index (κ1) is 21.4. The average Bonchev–Trinajstić information content (AvgIpc) is 3.49. The zero-order chi connectivity index (χ0) is 22.3. The van der Waals surface area contributed by atoms with Crippen molar-refractivity contribution >= 4 is 33.0 Å². The number of anilines is 2. The topological polar surface area (TPSA) is 83.6 Å². The maximum Gasteiger partial charge on any atom is 0.230 e. The standard InChI is InChI=1S/C22H22F2N2O4S/c1-13(10-21(27)25-16-4-6-18(23)19(24)12-16)31(29,30)17-5-7-20-15(11-17)8-9-26(20)22(28)14-2-3-14/h4-7,11-14H,2-3,8-10H2,1H3,(H,25,27)/t13-/m1/s1. The Morgan fingerprint density at radius 2 is 1.87 bits per heavy atom. The van der Waals surface area contributed by atoms with Crippen LogP contribution in [-0.2, 0) is 25.8 Å². The molecule has 2 amide bonds. The van der Waals surface area contributed by atoms with E-state index in [1.807, 2.05) is 0 Å². The molecule has 0 bridgehead atoms. The molecule has 2 aromatic carbocycles. The minimum Gasteiger partial charge on any atom is -0.326 e. The lowest BCUT2D eigenvalue weighted by Gasteiger charge is -2.18. The number of hydrogen-bond acceptors (Lipinski definition) is 4. The van der Waals surface area contributed by atoms with Gasteiger partial charge in [-0.1, -0.05) is 0 Å². The first-order valence-corrected chi connectivity index (χ1v) is 11.6. The van der Waals surface area contributed by atoms with Crippen molar-refractivity contribution in [3.05, 3.63) is 53.6 Å². The Hall–Kier alpha value is -2.81. The van der Waals surface area contributed by atoms with Gasteiger partial charge in [-0.2, -0.15) is 0 Å². The van der Waals surface area contributed by atoms with Crippen molar-refractivity contribution in [2.24, 2.45) is 5.92 Å². The largest absolute Gasteiger partial charge is 0.326 e. The van der Waals surface area contributed by atoms with Crippen molar-refractivity contribution < 1.29 is 26.8 Å². The number of carbonyl (C=O) groups is 2. The molecule has 2 aromatic rings. The van der Waals surface area contributed by atoms with E-state index in [-0.39, 0.29) is 28.8 Å². The summed E-state index contributed by atoms with van der Waals surface area (Å²) in [5.41, 5.74) is 1.60. The smallest absolute Gasteiger partial charge is 0.230 e. The highest BCUT2D eigenvalue weighted by atomic mass is 32.2. The third-order valence-electron chi connectivity index (χ3n) is 5.67. The van der Waals surface area contributed by atoms with Crippen molar-refractivity contribution in [1.82, 2.24) is 0 Å². The Labute approximate surface area is 179 Å². The predicted molar refractivity (Wildman–Crippen MR) is 111 cm³/mol. The molecule has 6 nitrogen and oxygen atoms in total. The monoisotopic (exact) mass is 448 g/mol. The molecule has 1 fully saturated rings. The summed E-state index contributed by atoms with van der Waals surface area (Å²) in [6.07, 6.45) is 2.05. The van der Waals surface area contributed by atoms with Crippen molar-refractivity contribution in [2.45, 2.75) is 42.8 Å². The van der Waals surface area contributed by atoms with Crippen LogP contribution in [0, 0.1) is 17.6 Å². The molecule has 1 saturated carbocycles. The molecular formula is C22H22F2N2O4S. The molecule has 4 rings (SSSR count). The van der Waals surface area contributed by atoms with Gasteiger partial charge in [-0.3, -0.25) is 9.59 Å². The second-order valence-corrected chi connectivity index (χ2v) is 10.4. The van der Waals surface area contributed by atoms with Crippen molar-refractivity contribution in [3.63, 3.8) is 0 Å². The van der Waals surface area contributed by atoms with E-state index in [0.29, 0.717) is 13.0 Å². The summed E-state index contributed by atoms with van der Waals surface area (Å²) < 4.78 is 52.3. The van der Waals surface area contributed by atoms with Crippen LogP contribution in [-0.4, -0.2) is 32.0 Å². The number of sulfone groups is 1. The van der Waals surface area contributed by atoms with Gasteiger partial charge in [-0.25, -0.2) is 17.2 Å². The lowest BCUT2D eigenvalue weighted by atomic mass is 10.2. The molecule has 1 heterocycles. The van der Waals surface area contributed by atoms with Crippen molar-refractivity contribution in [1.29, 1.82) is 0 Å². The number of amides is 2. The maximum atomic E-state index is 13.3. The van der Waals surface area contributed by atoms with Crippen LogP contribution in [0.4, 0.5) is 20.2 Å². The first-order valence-electron chi connectivity index (χ1n) is 10.1. The Kier molecular flexibility index (Phi) is 5.55. The summed E-state index contributed by atoms with van der Waals surface area (Å²) in [4.78, 5) is 26.4.